The maximum atomic E-state index is 12.0. The molecule has 134 valence electrons. The third-order valence-corrected chi connectivity index (χ3v) is 7.41. The molecule has 1 aromatic rings. The summed E-state index contributed by atoms with van der Waals surface area (Å²) >= 11 is 2.63. The van der Waals surface area contributed by atoms with E-state index < -0.39 is 15.4 Å². The number of rotatable bonds is 7. The standard InChI is InChI=1S/C14H20N2O5S3/c1-3-21-12(18)6-10-7-22-13(15-10)23-8-11(17)16-14(2)4-5-24(19,20)9-14/h7H,3-6,8-9H2,1-2H3,(H,16,17)/t14-/m0/s1. The highest BCUT2D eigenvalue weighted by Gasteiger charge is 2.39. The molecular formula is C14H20N2O5S3. The number of esters is 1. The van der Waals surface area contributed by atoms with Crippen LogP contribution in [0.1, 0.15) is 26.0 Å². The molecule has 2 heterocycles. The van der Waals surface area contributed by atoms with Crippen molar-refractivity contribution in [2.24, 2.45) is 0 Å². The lowest BCUT2D eigenvalue weighted by molar-refractivity contribution is -0.142. The van der Waals surface area contributed by atoms with Gasteiger partial charge in [-0.25, -0.2) is 13.4 Å². The zero-order valence-electron chi connectivity index (χ0n) is 13.5. The summed E-state index contributed by atoms with van der Waals surface area (Å²) in [7, 11) is -3.06. The number of hydrogen-bond acceptors (Lipinski definition) is 8. The number of carbonyl (C=O) groups excluding carboxylic acids is 2. The Balaban J connectivity index is 1.80. The molecule has 1 saturated heterocycles. The minimum absolute atomic E-state index is 0.0165. The minimum Gasteiger partial charge on any atom is -0.466 e. The first-order valence-electron chi connectivity index (χ1n) is 7.46. The van der Waals surface area contributed by atoms with Crippen molar-refractivity contribution in [2.75, 3.05) is 23.9 Å². The van der Waals surface area contributed by atoms with Crippen LogP contribution in [0.15, 0.2) is 9.72 Å². The largest absolute Gasteiger partial charge is 0.466 e. The number of carbonyl (C=O) groups is 2. The van der Waals surface area contributed by atoms with Crippen LogP contribution in [-0.2, 0) is 30.6 Å². The predicted octanol–water partition coefficient (Wildman–Crippen LogP) is 1.03. The molecule has 0 aromatic carbocycles. The summed E-state index contributed by atoms with van der Waals surface area (Å²) in [5.41, 5.74) is -0.0655. The lowest BCUT2D eigenvalue weighted by atomic mass is 10.0. The summed E-state index contributed by atoms with van der Waals surface area (Å²) in [4.78, 5) is 27.7. The van der Waals surface area contributed by atoms with Crippen LogP contribution < -0.4 is 5.32 Å². The van der Waals surface area contributed by atoms with Gasteiger partial charge in [-0.3, -0.25) is 9.59 Å². The fourth-order valence-electron chi connectivity index (χ4n) is 2.40. The molecule has 0 radical (unpaired) electrons. The fraction of sp³-hybridized carbons (Fsp3) is 0.643. The highest BCUT2D eigenvalue weighted by molar-refractivity contribution is 8.01. The third kappa shape index (κ3) is 5.75. The average Bonchev–Trinajstić information content (AvgIpc) is 3.01. The minimum atomic E-state index is -3.06. The molecule has 0 unspecified atom stereocenters. The normalized spacial score (nSPS) is 22.2. The van der Waals surface area contributed by atoms with Crippen LogP contribution >= 0.6 is 23.1 Å². The quantitative estimate of drug-likeness (QED) is 0.546. The Labute approximate surface area is 149 Å². The molecule has 2 rings (SSSR count). The Kier molecular flexibility index (Phi) is 6.27. The maximum absolute atomic E-state index is 12.0. The zero-order chi connectivity index (χ0) is 17.8. The molecule has 1 fully saturated rings. The monoisotopic (exact) mass is 392 g/mol. The van der Waals surface area contributed by atoms with Gasteiger partial charge < -0.3 is 10.1 Å². The Morgan fingerprint density at radius 3 is 2.88 bits per heavy atom. The lowest BCUT2D eigenvalue weighted by Gasteiger charge is -2.23. The zero-order valence-corrected chi connectivity index (χ0v) is 16.0. The molecule has 1 aliphatic heterocycles. The first kappa shape index (κ1) is 19.2. The van der Waals surface area contributed by atoms with Crippen molar-refractivity contribution >= 4 is 44.8 Å². The van der Waals surface area contributed by atoms with Gasteiger partial charge in [-0.15, -0.1) is 11.3 Å². The molecule has 0 aliphatic carbocycles. The molecule has 0 spiro atoms. The maximum Gasteiger partial charge on any atom is 0.311 e. The Morgan fingerprint density at radius 1 is 1.50 bits per heavy atom. The number of aromatic nitrogens is 1. The van der Waals surface area contributed by atoms with Crippen molar-refractivity contribution in [3.05, 3.63) is 11.1 Å². The molecule has 1 atom stereocenters. The molecule has 1 amide bonds. The summed E-state index contributed by atoms with van der Waals surface area (Å²) in [6.45, 7) is 3.83. The van der Waals surface area contributed by atoms with Crippen LogP contribution in [0.25, 0.3) is 0 Å². The van der Waals surface area contributed by atoms with Gasteiger partial charge in [0, 0.05) is 5.38 Å². The molecular weight excluding hydrogens is 372 g/mol. The van der Waals surface area contributed by atoms with Crippen LogP contribution in [-0.4, -0.2) is 54.7 Å². The van der Waals surface area contributed by atoms with Gasteiger partial charge in [-0.05, 0) is 20.3 Å². The highest BCUT2D eigenvalue weighted by atomic mass is 32.2. The van der Waals surface area contributed by atoms with E-state index in [0.29, 0.717) is 23.1 Å². The number of thioether (sulfide) groups is 1. The Bertz CT molecular complexity index is 716. The molecule has 24 heavy (non-hydrogen) atoms. The van der Waals surface area contributed by atoms with Crippen molar-refractivity contribution in [3.8, 4) is 0 Å². The van der Waals surface area contributed by atoms with E-state index in [2.05, 4.69) is 10.3 Å². The van der Waals surface area contributed by atoms with Gasteiger partial charge in [0.25, 0.3) is 0 Å². The van der Waals surface area contributed by atoms with Crippen LogP contribution in [0.3, 0.4) is 0 Å². The number of ether oxygens (including phenoxy) is 1. The molecule has 7 nitrogen and oxygen atoms in total. The van der Waals surface area contributed by atoms with E-state index in [-0.39, 0.29) is 35.6 Å². The molecule has 0 saturated carbocycles. The molecule has 1 N–H and O–H groups in total. The number of hydrogen-bond donors (Lipinski definition) is 1. The van der Waals surface area contributed by atoms with E-state index in [4.69, 9.17) is 4.74 Å². The third-order valence-electron chi connectivity index (χ3n) is 3.43. The van der Waals surface area contributed by atoms with Gasteiger partial charge in [0.15, 0.2) is 14.2 Å². The van der Waals surface area contributed by atoms with E-state index >= 15 is 0 Å². The molecule has 10 heteroatoms. The second-order valence-electron chi connectivity index (χ2n) is 5.83. The molecule has 0 bridgehead atoms. The summed E-state index contributed by atoms with van der Waals surface area (Å²) in [5.74, 6) is -0.297. The smallest absolute Gasteiger partial charge is 0.311 e. The second kappa shape index (κ2) is 7.83. The molecule has 1 aromatic heterocycles. The van der Waals surface area contributed by atoms with Crippen molar-refractivity contribution in [1.82, 2.24) is 10.3 Å². The number of nitrogens with one attached hydrogen (secondary N) is 1. The van der Waals surface area contributed by atoms with E-state index in [0.717, 1.165) is 0 Å². The van der Waals surface area contributed by atoms with Crippen molar-refractivity contribution in [2.45, 2.75) is 36.6 Å². The summed E-state index contributed by atoms with van der Waals surface area (Å²) in [6.07, 6.45) is 0.555. The number of amides is 1. The van der Waals surface area contributed by atoms with Crippen molar-refractivity contribution in [1.29, 1.82) is 0 Å². The van der Waals surface area contributed by atoms with Crippen molar-refractivity contribution < 1.29 is 22.7 Å². The number of sulfone groups is 1. The van der Waals surface area contributed by atoms with Gasteiger partial charge in [-0.1, -0.05) is 11.8 Å². The van der Waals surface area contributed by atoms with Crippen LogP contribution in [0.2, 0.25) is 0 Å². The van der Waals surface area contributed by atoms with Crippen molar-refractivity contribution in [3.63, 3.8) is 0 Å². The van der Waals surface area contributed by atoms with Gasteiger partial charge in [0.05, 0.1) is 41.5 Å². The predicted molar refractivity (Wildman–Crippen MR) is 93.0 cm³/mol. The van der Waals surface area contributed by atoms with Gasteiger partial charge >= 0.3 is 5.97 Å². The topological polar surface area (TPSA) is 102 Å². The van der Waals surface area contributed by atoms with E-state index in [1.54, 1.807) is 19.2 Å². The number of nitrogens with zero attached hydrogens (tertiary/aromatic N) is 1. The van der Waals surface area contributed by atoms with Crippen LogP contribution in [0.5, 0.6) is 0 Å². The Morgan fingerprint density at radius 2 is 2.25 bits per heavy atom. The van der Waals surface area contributed by atoms with Gasteiger partial charge in [0.1, 0.15) is 0 Å². The molecule has 1 aliphatic rings. The van der Waals surface area contributed by atoms with Crippen LogP contribution in [0.4, 0.5) is 0 Å². The Hall–Kier alpha value is -1.13. The number of thiazole rings is 1. The fourth-order valence-corrected chi connectivity index (χ4v) is 6.14. The first-order chi connectivity index (χ1) is 11.2. The average molecular weight is 393 g/mol. The van der Waals surface area contributed by atoms with Crippen LogP contribution in [0, 0.1) is 0 Å². The van der Waals surface area contributed by atoms with E-state index in [1.165, 1.54) is 23.1 Å². The second-order valence-corrected chi connectivity index (χ2v) is 10.1. The summed E-state index contributed by atoms with van der Waals surface area (Å²) in [5, 5.41) is 4.57. The SMILES string of the molecule is CCOC(=O)Cc1csc(SCC(=O)N[C@@]2(C)CCS(=O)(=O)C2)n1. The van der Waals surface area contributed by atoms with Gasteiger partial charge in [-0.2, -0.15) is 0 Å². The van der Waals surface area contributed by atoms with Gasteiger partial charge in [0.2, 0.25) is 5.91 Å². The summed E-state index contributed by atoms with van der Waals surface area (Å²) < 4.78 is 28.6. The van der Waals surface area contributed by atoms with E-state index in [9.17, 15) is 18.0 Å². The van der Waals surface area contributed by atoms with E-state index in [1.807, 2.05) is 0 Å². The summed E-state index contributed by atoms with van der Waals surface area (Å²) in [6, 6.07) is 0. The lowest BCUT2D eigenvalue weighted by Crippen LogP contribution is -2.47. The first-order valence-corrected chi connectivity index (χ1v) is 11.1. The highest BCUT2D eigenvalue weighted by Crippen LogP contribution is 2.25.